The van der Waals surface area contributed by atoms with Crippen LogP contribution in [0.25, 0.3) is 0 Å². The highest BCUT2D eigenvalue weighted by Crippen LogP contribution is 2.26. The van der Waals surface area contributed by atoms with E-state index in [1.807, 2.05) is 36.3 Å². The number of hydrogen-bond acceptors (Lipinski definition) is 3. The van der Waals surface area contributed by atoms with Crippen molar-refractivity contribution in [2.24, 2.45) is 0 Å². The molecule has 0 aliphatic carbocycles. The van der Waals surface area contributed by atoms with Gasteiger partial charge in [0.15, 0.2) is 0 Å². The Morgan fingerprint density at radius 3 is 2.89 bits per heavy atom. The first-order valence-electron chi connectivity index (χ1n) is 6.54. The van der Waals surface area contributed by atoms with Gasteiger partial charge in [0.05, 0.1) is 22.4 Å². The summed E-state index contributed by atoms with van der Waals surface area (Å²) in [6.07, 6.45) is 5.66. The fourth-order valence-electron chi connectivity index (χ4n) is 2.23. The lowest BCUT2D eigenvalue weighted by molar-refractivity contribution is 0.485. The molecule has 0 amide bonds. The molecule has 2 aromatic heterocycles. The van der Waals surface area contributed by atoms with Crippen LogP contribution in [0.2, 0.25) is 0 Å². The van der Waals surface area contributed by atoms with Gasteiger partial charge in [0, 0.05) is 18.4 Å². The Hall–Kier alpha value is -1.20. The second kappa shape index (κ2) is 6.82. The Balaban J connectivity index is 2.10. The van der Waals surface area contributed by atoms with Gasteiger partial charge >= 0.3 is 0 Å². The normalized spacial score (nSPS) is 12.6. The van der Waals surface area contributed by atoms with Crippen molar-refractivity contribution in [2.75, 3.05) is 7.05 Å². The first kappa shape index (κ1) is 14.2. The summed E-state index contributed by atoms with van der Waals surface area (Å²) in [4.78, 5) is 4.37. The van der Waals surface area contributed by atoms with Crippen LogP contribution in [0.1, 0.15) is 30.8 Å². The lowest BCUT2D eigenvalue weighted by Crippen LogP contribution is -2.21. The zero-order valence-corrected chi connectivity index (χ0v) is 12.9. The van der Waals surface area contributed by atoms with E-state index in [1.165, 1.54) is 5.69 Å². The van der Waals surface area contributed by atoms with E-state index in [1.54, 1.807) is 0 Å². The third-order valence-corrected chi connectivity index (χ3v) is 3.84. The summed E-state index contributed by atoms with van der Waals surface area (Å²) in [6, 6.07) is 6.32. The van der Waals surface area contributed by atoms with Gasteiger partial charge in [-0.1, -0.05) is 6.07 Å². The maximum absolute atomic E-state index is 4.37. The van der Waals surface area contributed by atoms with Gasteiger partial charge in [-0.2, -0.15) is 5.10 Å². The number of aryl methyl sites for hydroxylation is 2. The van der Waals surface area contributed by atoms with Crippen molar-refractivity contribution < 1.29 is 0 Å². The molecule has 0 radical (unpaired) electrons. The zero-order chi connectivity index (χ0) is 13.7. The molecule has 0 aliphatic rings. The molecule has 19 heavy (non-hydrogen) atoms. The number of hydrogen-bond donors (Lipinski definition) is 1. The predicted octanol–water partition coefficient (Wildman–Crippen LogP) is 2.95. The minimum Gasteiger partial charge on any atom is -0.312 e. The van der Waals surface area contributed by atoms with Crippen LogP contribution in [-0.4, -0.2) is 21.8 Å². The molecule has 4 nitrogen and oxygen atoms in total. The second-order valence-electron chi connectivity index (χ2n) is 4.39. The van der Waals surface area contributed by atoms with Crippen LogP contribution < -0.4 is 5.32 Å². The summed E-state index contributed by atoms with van der Waals surface area (Å²) in [5.41, 5.74) is 2.34. The summed E-state index contributed by atoms with van der Waals surface area (Å²) in [5, 5.41) is 7.74. The van der Waals surface area contributed by atoms with Crippen LogP contribution in [0.5, 0.6) is 0 Å². The minimum atomic E-state index is 0.277. The van der Waals surface area contributed by atoms with Gasteiger partial charge in [-0.3, -0.25) is 9.67 Å². The molecule has 2 rings (SSSR count). The van der Waals surface area contributed by atoms with E-state index in [9.17, 15) is 0 Å². The van der Waals surface area contributed by atoms with E-state index in [-0.39, 0.29) is 6.04 Å². The van der Waals surface area contributed by atoms with E-state index < -0.39 is 0 Å². The smallest absolute Gasteiger partial charge is 0.0695 e. The zero-order valence-electron chi connectivity index (χ0n) is 11.3. The van der Waals surface area contributed by atoms with Crippen LogP contribution in [0.3, 0.4) is 0 Å². The lowest BCUT2D eigenvalue weighted by atomic mass is 10.1. The average molecular weight is 323 g/mol. The van der Waals surface area contributed by atoms with Crippen molar-refractivity contribution >= 4 is 15.9 Å². The predicted molar refractivity (Wildman–Crippen MR) is 80.0 cm³/mol. The summed E-state index contributed by atoms with van der Waals surface area (Å²) in [5.74, 6) is 0. The molecular weight excluding hydrogens is 304 g/mol. The van der Waals surface area contributed by atoms with Gasteiger partial charge in [0.1, 0.15) is 0 Å². The van der Waals surface area contributed by atoms with Gasteiger partial charge in [0.2, 0.25) is 0 Å². The number of rotatable bonds is 6. The summed E-state index contributed by atoms with van der Waals surface area (Å²) in [6.45, 7) is 2.98. The van der Waals surface area contributed by atoms with Gasteiger partial charge in [-0.05, 0) is 54.9 Å². The number of nitrogens with one attached hydrogen (secondary N) is 1. The monoisotopic (exact) mass is 322 g/mol. The molecule has 2 heterocycles. The molecule has 0 aromatic carbocycles. The molecule has 0 saturated carbocycles. The van der Waals surface area contributed by atoms with Crippen LogP contribution in [-0.2, 0) is 13.0 Å². The van der Waals surface area contributed by atoms with Crippen LogP contribution in [0.4, 0.5) is 0 Å². The third-order valence-electron chi connectivity index (χ3n) is 3.23. The molecule has 0 fully saturated rings. The SMILES string of the molecule is CCn1ncc(Br)c1C(CCc1ccccn1)NC. The summed E-state index contributed by atoms with van der Waals surface area (Å²) >= 11 is 3.59. The highest BCUT2D eigenvalue weighted by Gasteiger charge is 2.18. The molecule has 1 atom stereocenters. The average Bonchev–Trinajstić information content (AvgIpc) is 2.82. The van der Waals surface area contributed by atoms with Gasteiger partial charge < -0.3 is 5.32 Å². The number of halogens is 1. The third kappa shape index (κ3) is 3.42. The minimum absolute atomic E-state index is 0.277. The fraction of sp³-hybridized carbons (Fsp3) is 0.429. The largest absolute Gasteiger partial charge is 0.312 e. The molecule has 1 N–H and O–H groups in total. The van der Waals surface area contributed by atoms with Crippen molar-refractivity contribution in [2.45, 2.75) is 32.4 Å². The Labute approximate surface area is 122 Å². The van der Waals surface area contributed by atoms with E-state index in [0.717, 1.165) is 29.6 Å². The molecule has 5 heteroatoms. The quantitative estimate of drug-likeness (QED) is 0.889. The van der Waals surface area contributed by atoms with Crippen molar-refractivity contribution in [3.8, 4) is 0 Å². The van der Waals surface area contributed by atoms with Crippen LogP contribution in [0, 0.1) is 0 Å². The van der Waals surface area contributed by atoms with Crippen molar-refractivity contribution in [1.29, 1.82) is 0 Å². The van der Waals surface area contributed by atoms with E-state index in [4.69, 9.17) is 0 Å². The van der Waals surface area contributed by atoms with Crippen molar-refractivity contribution in [3.05, 3.63) is 46.5 Å². The maximum Gasteiger partial charge on any atom is 0.0695 e. The van der Waals surface area contributed by atoms with Gasteiger partial charge in [0.25, 0.3) is 0 Å². The van der Waals surface area contributed by atoms with E-state index in [0.29, 0.717) is 0 Å². The van der Waals surface area contributed by atoms with E-state index >= 15 is 0 Å². The molecule has 2 aromatic rings. The molecular formula is C14H19BrN4. The van der Waals surface area contributed by atoms with Crippen LogP contribution in [0.15, 0.2) is 35.1 Å². The topological polar surface area (TPSA) is 42.7 Å². The molecule has 102 valence electrons. The van der Waals surface area contributed by atoms with Gasteiger partial charge in [-0.25, -0.2) is 0 Å². The fourth-order valence-corrected chi connectivity index (χ4v) is 2.80. The second-order valence-corrected chi connectivity index (χ2v) is 5.25. The molecule has 0 saturated heterocycles. The maximum atomic E-state index is 4.37. The van der Waals surface area contributed by atoms with E-state index in [2.05, 4.69) is 44.3 Å². The van der Waals surface area contributed by atoms with Crippen LogP contribution >= 0.6 is 15.9 Å². The number of pyridine rings is 1. The lowest BCUT2D eigenvalue weighted by Gasteiger charge is -2.18. The summed E-state index contributed by atoms with van der Waals surface area (Å²) < 4.78 is 3.10. The Kier molecular flexibility index (Phi) is 5.10. The molecule has 0 bridgehead atoms. The first-order valence-corrected chi connectivity index (χ1v) is 7.34. The molecule has 0 aliphatic heterocycles. The van der Waals surface area contributed by atoms with Crippen molar-refractivity contribution in [3.63, 3.8) is 0 Å². The Morgan fingerprint density at radius 1 is 1.42 bits per heavy atom. The van der Waals surface area contributed by atoms with Gasteiger partial charge in [-0.15, -0.1) is 0 Å². The van der Waals surface area contributed by atoms with Crippen molar-refractivity contribution in [1.82, 2.24) is 20.1 Å². The Morgan fingerprint density at radius 2 is 2.26 bits per heavy atom. The highest BCUT2D eigenvalue weighted by atomic mass is 79.9. The molecule has 1 unspecified atom stereocenters. The summed E-state index contributed by atoms with van der Waals surface area (Å²) in [7, 11) is 1.99. The number of nitrogens with zero attached hydrogens (tertiary/aromatic N) is 3. The molecule has 0 spiro atoms. The highest BCUT2D eigenvalue weighted by molar-refractivity contribution is 9.10. The Bertz CT molecular complexity index is 509. The standard InChI is InChI=1S/C14H19BrN4/c1-3-19-14(12(15)10-18-19)13(16-2)8-7-11-6-4-5-9-17-11/h4-6,9-10,13,16H,3,7-8H2,1-2H3. The first-order chi connectivity index (χ1) is 9.26. The number of aromatic nitrogens is 3.